The van der Waals surface area contributed by atoms with Gasteiger partial charge in [-0.2, -0.15) is 0 Å². The minimum absolute atomic E-state index is 0.0637. The van der Waals surface area contributed by atoms with E-state index in [9.17, 15) is 4.79 Å². The molecule has 0 radical (unpaired) electrons. The van der Waals surface area contributed by atoms with Crippen LogP contribution in [0.2, 0.25) is 0 Å². The Labute approximate surface area is 184 Å². The van der Waals surface area contributed by atoms with Crippen molar-refractivity contribution in [1.82, 2.24) is 0 Å². The Morgan fingerprint density at radius 3 is 2.73 bits per heavy atom. The molecule has 2 nitrogen and oxygen atoms in total. The molecular formula is C28H44O2. The van der Waals surface area contributed by atoms with Crippen molar-refractivity contribution in [3.63, 3.8) is 0 Å². The van der Waals surface area contributed by atoms with Gasteiger partial charge in [-0.1, -0.05) is 57.8 Å². The summed E-state index contributed by atoms with van der Waals surface area (Å²) in [5.41, 5.74) is 3.13. The molecule has 168 valence electrons. The van der Waals surface area contributed by atoms with Crippen molar-refractivity contribution in [2.75, 3.05) is 0 Å². The van der Waals surface area contributed by atoms with Gasteiger partial charge in [0.1, 0.15) is 5.60 Å². The van der Waals surface area contributed by atoms with E-state index in [2.05, 4.69) is 39.8 Å². The van der Waals surface area contributed by atoms with Gasteiger partial charge in [0, 0.05) is 11.8 Å². The molecule has 2 fully saturated rings. The molecule has 6 atom stereocenters. The Morgan fingerprint density at radius 2 is 1.97 bits per heavy atom. The average molecular weight is 413 g/mol. The third-order valence-electron chi connectivity index (χ3n) is 9.52. The van der Waals surface area contributed by atoms with E-state index in [1.54, 1.807) is 11.1 Å². The zero-order valence-corrected chi connectivity index (χ0v) is 20.0. The fourth-order valence-corrected chi connectivity index (χ4v) is 8.03. The van der Waals surface area contributed by atoms with Gasteiger partial charge in [0.2, 0.25) is 0 Å². The zero-order valence-electron chi connectivity index (χ0n) is 20.0. The summed E-state index contributed by atoms with van der Waals surface area (Å²) in [5.74, 6) is 3.02. The molecule has 2 saturated carbocycles. The largest absolute Gasteiger partial charge is 0.458 e. The molecule has 2 heteroatoms. The van der Waals surface area contributed by atoms with Crippen molar-refractivity contribution in [2.24, 2.45) is 29.1 Å². The summed E-state index contributed by atoms with van der Waals surface area (Å²) in [7, 11) is 0. The second-order valence-corrected chi connectivity index (χ2v) is 11.1. The molecule has 0 heterocycles. The van der Waals surface area contributed by atoms with Crippen LogP contribution in [0.3, 0.4) is 0 Å². The molecule has 0 aromatic heterocycles. The molecule has 0 aromatic rings. The lowest BCUT2D eigenvalue weighted by Crippen LogP contribution is -2.54. The van der Waals surface area contributed by atoms with E-state index in [-0.39, 0.29) is 17.0 Å². The van der Waals surface area contributed by atoms with Crippen LogP contribution in [0.1, 0.15) is 111 Å². The van der Waals surface area contributed by atoms with Crippen molar-refractivity contribution >= 4 is 5.97 Å². The van der Waals surface area contributed by atoms with Gasteiger partial charge in [-0.15, -0.1) is 0 Å². The normalized spacial score (nSPS) is 40.0. The molecule has 0 spiro atoms. The van der Waals surface area contributed by atoms with Gasteiger partial charge in [0.05, 0.1) is 0 Å². The highest BCUT2D eigenvalue weighted by molar-refractivity contribution is 5.70. The van der Waals surface area contributed by atoms with Crippen LogP contribution in [0.4, 0.5) is 0 Å². The van der Waals surface area contributed by atoms with E-state index in [1.165, 1.54) is 38.5 Å². The minimum atomic E-state index is -0.231. The quantitative estimate of drug-likeness (QED) is 0.315. The van der Waals surface area contributed by atoms with Crippen LogP contribution in [0.15, 0.2) is 23.3 Å². The van der Waals surface area contributed by atoms with Crippen molar-refractivity contribution in [3.8, 4) is 0 Å². The molecule has 0 bridgehead atoms. The number of hydrogen-bond acceptors (Lipinski definition) is 2. The monoisotopic (exact) mass is 412 g/mol. The van der Waals surface area contributed by atoms with Gasteiger partial charge < -0.3 is 4.74 Å². The van der Waals surface area contributed by atoms with E-state index in [0.29, 0.717) is 18.3 Å². The van der Waals surface area contributed by atoms with Crippen LogP contribution in [0.25, 0.3) is 0 Å². The Morgan fingerprint density at radius 1 is 1.13 bits per heavy atom. The summed E-state index contributed by atoms with van der Waals surface area (Å²) in [5, 5.41) is 0. The van der Waals surface area contributed by atoms with E-state index in [0.717, 1.165) is 50.4 Å². The van der Waals surface area contributed by atoms with Crippen LogP contribution < -0.4 is 0 Å². The number of carbonyl (C=O) groups excluding carboxylic acids is 1. The van der Waals surface area contributed by atoms with Crippen LogP contribution in [0, 0.1) is 29.1 Å². The summed E-state index contributed by atoms with van der Waals surface area (Å²) >= 11 is 0. The van der Waals surface area contributed by atoms with Crippen LogP contribution in [0.5, 0.6) is 0 Å². The number of esters is 1. The molecule has 30 heavy (non-hydrogen) atoms. The van der Waals surface area contributed by atoms with Gasteiger partial charge in [-0.3, -0.25) is 4.79 Å². The number of fused-ring (bicyclic) bond motifs is 5. The molecular weight excluding hydrogens is 368 g/mol. The number of hydrogen-bond donors (Lipinski definition) is 0. The maximum atomic E-state index is 12.9. The Hall–Kier alpha value is -1.05. The Balaban J connectivity index is 1.59. The molecule has 4 aliphatic carbocycles. The molecule has 0 aliphatic heterocycles. The van der Waals surface area contributed by atoms with E-state index >= 15 is 0 Å². The predicted molar refractivity (Wildman–Crippen MR) is 124 cm³/mol. The van der Waals surface area contributed by atoms with Crippen molar-refractivity contribution < 1.29 is 9.53 Å². The predicted octanol–water partition coefficient (Wildman–Crippen LogP) is 7.78. The smallest absolute Gasteiger partial charge is 0.306 e. The molecule has 4 aliphatic rings. The molecule has 0 amide bonds. The summed E-state index contributed by atoms with van der Waals surface area (Å²) in [6.07, 6.45) is 20.0. The van der Waals surface area contributed by atoms with Gasteiger partial charge in [-0.05, 0) is 94.0 Å². The highest BCUT2D eigenvalue weighted by Gasteiger charge is 2.63. The van der Waals surface area contributed by atoms with Gasteiger partial charge >= 0.3 is 5.97 Å². The molecule has 0 unspecified atom stereocenters. The second kappa shape index (κ2) is 8.83. The van der Waals surface area contributed by atoms with Gasteiger partial charge in [0.25, 0.3) is 0 Å². The molecule has 4 rings (SSSR count). The first kappa shape index (κ1) is 22.2. The van der Waals surface area contributed by atoms with E-state index in [1.807, 2.05) is 0 Å². The highest BCUT2D eigenvalue weighted by Crippen LogP contribution is 2.66. The first-order valence-corrected chi connectivity index (χ1v) is 13.1. The Bertz CT molecular complexity index is 703. The SMILES string of the molecule is CCCCCC(=O)O[C@]1(CCC)CC[C@H]2[C@@H]3C=C(C)C4=CCCC[C@@H]4[C@H]3CC[C@@]21C. The fourth-order valence-electron chi connectivity index (χ4n) is 8.03. The second-order valence-electron chi connectivity index (χ2n) is 11.1. The summed E-state index contributed by atoms with van der Waals surface area (Å²) in [6.45, 7) is 9.30. The molecule has 0 aromatic carbocycles. The van der Waals surface area contributed by atoms with E-state index < -0.39 is 0 Å². The maximum absolute atomic E-state index is 12.9. The first-order valence-electron chi connectivity index (χ1n) is 13.1. The number of rotatable bonds is 7. The lowest BCUT2D eigenvalue weighted by molar-refractivity contribution is -0.183. The molecule has 0 saturated heterocycles. The number of unbranched alkanes of at least 4 members (excludes halogenated alkanes) is 2. The third-order valence-corrected chi connectivity index (χ3v) is 9.52. The number of ether oxygens (including phenoxy) is 1. The summed E-state index contributed by atoms with van der Waals surface area (Å²) in [6, 6.07) is 0. The van der Waals surface area contributed by atoms with Crippen molar-refractivity contribution in [2.45, 2.75) is 117 Å². The average Bonchev–Trinajstić information content (AvgIpc) is 3.01. The standard InChI is InChI=1S/C28H44O2/c1-5-7-8-13-26(29)30-28(16-6-2)18-15-25-24-19-20(3)21-11-9-10-12-22(21)23(24)14-17-27(25,28)4/h11,19,22-25H,5-10,12-18H2,1-4H3/t22-,23+,24+,25-,27-,28+/m0/s1. The minimum Gasteiger partial charge on any atom is -0.458 e. The lowest BCUT2D eigenvalue weighted by Gasteiger charge is -2.55. The van der Waals surface area contributed by atoms with Gasteiger partial charge in [0.15, 0.2) is 0 Å². The summed E-state index contributed by atoms with van der Waals surface area (Å²) in [4.78, 5) is 12.9. The van der Waals surface area contributed by atoms with Crippen molar-refractivity contribution in [3.05, 3.63) is 23.3 Å². The lowest BCUT2D eigenvalue weighted by atomic mass is 9.51. The first-order chi connectivity index (χ1) is 14.5. The van der Waals surface area contributed by atoms with E-state index in [4.69, 9.17) is 4.74 Å². The molecule has 0 N–H and O–H groups in total. The zero-order chi connectivity index (χ0) is 21.4. The topological polar surface area (TPSA) is 26.3 Å². The third kappa shape index (κ3) is 3.61. The summed E-state index contributed by atoms with van der Waals surface area (Å²) < 4.78 is 6.50. The van der Waals surface area contributed by atoms with Crippen LogP contribution >= 0.6 is 0 Å². The van der Waals surface area contributed by atoms with Crippen LogP contribution in [-0.2, 0) is 9.53 Å². The van der Waals surface area contributed by atoms with Crippen molar-refractivity contribution in [1.29, 1.82) is 0 Å². The maximum Gasteiger partial charge on any atom is 0.306 e. The Kier molecular flexibility index (Phi) is 6.52. The number of carbonyl (C=O) groups is 1. The number of allylic oxidation sites excluding steroid dienone is 4. The van der Waals surface area contributed by atoms with Gasteiger partial charge in [-0.25, -0.2) is 0 Å². The fraction of sp³-hybridized carbons (Fsp3) is 0.821. The highest BCUT2D eigenvalue weighted by atomic mass is 16.6. The van der Waals surface area contributed by atoms with Crippen LogP contribution in [-0.4, -0.2) is 11.6 Å².